The van der Waals surface area contributed by atoms with E-state index < -0.39 is 0 Å². The summed E-state index contributed by atoms with van der Waals surface area (Å²) in [7, 11) is 2.02. The average molecular weight is 155 g/mol. The molecule has 0 aromatic carbocycles. The normalized spacial score (nSPS) is 48.5. The van der Waals surface area contributed by atoms with Crippen molar-refractivity contribution in [3.63, 3.8) is 0 Å². The first-order chi connectivity index (χ1) is 5.36. The lowest BCUT2D eigenvalue weighted by molar-refractivity contribution is 0.147. The molecule has 2 bridgehead atoms. The fourth-order valence-electron chi connectivity index (χ4n) is 3.12. The zero-order valence-corrected chi connectivity index (χ0v) is 7.09. The van der Waals surface area contributed by atoms with Crippen molar-refractivity contribution in [1.82, 2.24) is 5.32 Å². The summed E-state index contributed by atoms with van der Waals surface area (Å²) in [5.41, 5.74) is 0. The van der Waals surface area contributed by atoms with Gasteiger partial charge < -0.3 is 10.4 Å². The Hall–Kier alpha value is -0.0800. The Morgan fingerprint density at radius 2 is 2.09 bits per heavy atom. The van der Waals surface area contributed by atoms with E-state index in [1.165, 1.54) is 19.3 Å². The van der Waals surface area contributed by atoms with Gasteiger partial charge in [0.2, 0.25) is 0 Å². The van der Waals surface area contributed by atoms with Gasteiger partial charge in [0.1, 0.15) is 0 Å². The Labute approximate surface area is 68.0 Å². The van der Waals surface area contributed by atoms with Crippen LogP contribution in [0.5, 0.6) is 0 Å². The van der Waals surface area contributed by atoms with Crippen LogP contribution in [0.15, 0.2) is 0 Å². The van der Waals surface area contributed by atoms with E-state index in [4.69, 9.17) is 5.11 Å². The van der Waals surface area contributed by atoms with Crippen LogP contribution < -0.4 is 5.32 Å². The molecular formula is C9H17NO. The molecule has 0 aliphatic heterocycles. The van der Waals surface area contributed by atoms with Crippen LogP contribution in [-0.4, -0.2) is 24.8 Å². The zero-order chi connectivity index (χ0) is 7.84. The lowest BCUT2D eigenvalue weighted by Crippen LogP contribution is -2.40. The first kappa shape index (κ1) is 7.56. The maximum absolute atomic E-state index is 9.15. The summed E-state index contributed by atoms with van der Waals surface area (Å²) in [6, 6.07) is 0.610. The van der Waals surface area contributed by atoms with Crippen molar-refractivity contribution < 1.29 is 5.11 Å². The van der Waals surface area contributed by atoms with Gasteiger partial charge in [-0.1, -0.05) is 0 Å². The molecule has 0 radical (unpaired) electrons. The van der Waals surface area contributed by atoms with Crippen molar-refractivity contribution in [2.45, 2.75) is 25.3 Å². The van der Waals surface area contributed by atoms with Crippen molar-refractivity contribution in [2.75, 3.05) is 13.7 Å². The number of nitrogens with one attached hydrogen (secondary N) is 1. The van der Waals surface area contributed by atoms with Crippen LogP contribution in [0.4, 0.5) is 0 Å². The van der Waals surface area contributed by atoms with Gasteiger partial charge in [-0.15, -0.1) is 0 Å². The minimum absolute atomic E-state index is 0.382. The first-order valence-corrected chi connectivity index (χ1v) is 4.65. The molecule has 64 valence electrons. The van der Waals surface area contributed by atoms with Crippen molar-refractivity contribution in [3.05, 3.63) is 0 Å². The standard InChI is InChI=1S/C9H17NO/c1-10-9-7-3-2-6(4-7)8(9)5-11/h6-11H,2-5H2,1H3/t6-,7+,8+,9-/m0/s1. The molecule has 2 heteroatoms. The Kier molecular flexibility index (Phi) is 1.90. The van der Waals surface area contributed by atoms with E-state index in [-0.39, 0.29) is 0 Å². The van der Waals surface area contributed by atoms with Crippen LogP contribution >= 0.6 is 0 Å². The number of fused-ring (bicyclic) bond motifs is 2. The zero-order valence-electron chi connectivity index (χ0n) is 7.09. The first-order valence-electron chi connectivity index (χ1n) is 4.65. The van der Waals surface area contributed by atoms with Crippen LogP contribution in [0, 0.1) is 17.8 Å². The lowest BCUT2D eigenvalue weighted by atomic mass is 9.85. The Balaban J connectivity index is 2.08. The van der Waals surface area contributed by atoms with Crippen LogP contribution in [0.25, 0.3) is 0 Å². The molecule has 0 aromatic rings. The minimum atomic E-state index is 0.382. The SMILES string of the molecule is CN[C@H]1[C@@H]2CC[C@@H](C2)[C@H]1CO. The van der Waals surface area contributed by atoms with Crippen LogP contribution in [-0.2, 0) is 0 Å². The molecule has 0 saturated heterocycles. The fourth-order valence-corrected chi connectivity index (χ4v) is 3.12. The van der Waals surface area contributed by atoms with E-state index in [2.05, 4.69) is 5.32 Å². The molecule has 2 saturated carbocycles. The van der Waals surface area contributed by atoms with Crippen LogP contribution in [0.1, 0.15) is 19.3 Å². The molecule has 2 fully saturated rings. The van der Waals surface area contributed by atoms with Crippen molar-refractivity contribution in [3.8, 4) is 0 Å². The maximum Gasteiger partial charge on any atom is 0.0476 e. The summed E-state index contributed by atoms with van der Waals surface area (Å²) in [4.78, 5) is 0. The summed E-state index contributed by atoms with van der Waals surface area (Å²) in [6.07, 6.45) is 4.09. The molecule has 2 nitrogen and oxygen atoms in total. The second-order valence-electron chi connectivity index (χ2n) is 3.99. The van der Waals surface area contributed by atoms with Gasteiger partial charge in [0.05, 0.1) is 0 Å². The molecule has 11 heavy (non-hydrogen) atoms. The fraction of sp³-hybridized carbons (Fsp3) is 1.00. The Bertz CT molecular complexity index is 132. The second kappa shape index (κ2) is 2.76. The quantitative estimate of drug-likeness (QED) is 0.612. The predicted molar refractivity (Wildman–Crippen MR) is 44.3 cm³/mol. The van der Waals surface area contributed by atoms with Gasteiger partial charge in [-0.3, -0.25) is 0 Å². The van der Waals surface area contributed by atoms with E-state index >= 15 is 0 Å². The summed E-state index contributed by atoms with van der Waals surface area (Å²) in [5.74, 6) is 2.24. The maximum atomic E-state index is 9.15. The monoisotopic (exact) mass is 155 g/mol. The molecule has 2 aliphatic carbocycles. The predicted octanol–water partition coefficient (Wildman–Crippen LogP) is 0.613. The average Bonchev–Trinajstić information content (AvgIpc) is 2.60. The van der Waals surface area contributed by atoms with E-state index in [0.717, 1.165) is 11.8 Å². The number of rotatable bonds is 2. The van der Waals surface area contributed by atoms with E-state index in [9.17, 15) is 0 Å². The highest BCUT2D eigenvalue weighted by molar-refractivity contribution is 4.99. The third-order valence-electron chi connectivity index (χ3n) is 3.63. The Morgan fingerprint density at radius 3 is 2.64 bits per heavy atom. The van der Waals surface area contributed by atoms with E-state index in [0.29, 0.717) is 18.6 Å². The topological polar surface area (TPSA) is 32.3 Å². The van der Waals surface area contributed by atoms with Gasteiger partial charge in [0.25, 0.3) is 0 Å². The molecule has 0 spiro atoms. The van der Waals surface area contributed by atoms with Crippen molar-refractivity contribution in [2.24, 2.45) is 17.8 Å². The van der Waals surface area contributed by atoms with Crippen LogP contribution in [0.3, 0.4) is 0 Å². The summed E-state index contributed by atoms with van der Waals surface area (Å²) < 4.78 is 0. The molecule has 0 heterocycles. The number of aliphatic hydroxyl groups is 1. The lowest BCUT2D eigenvalue weighted by Gasteiger charge is -2.29. The highest BCUT2D eigenvalue weighted by Gasteiger charge is 2.46. The van der Waals surface area contributed by atoms with Crippen molar-refractivity contribution in [1.29, 1.82) is 0 Å². The highest BCUT2D eigenvalue weighted by Crippen LogP contribution is 2.47. The van der Waals surface area contributed by atoms with Gasteiger partial charge in [-0.05, 0) is 38.1 Å². The van der Waals surface area contributed by atoms with E-state index in [1.807, 2.05) is 7.05 Å². The molecule has 0 aromatic heterocycles. The summed E-state index contributed by atoms with van der Waals surface area (Å²) >= 11 is 0. The largest absolute Gasteiger partial charge is 0.396 e. The summed E-state index contributed by atoms with van der Waals surface area (Å²) in [6.45, 7) is 0.382. The van der Waals surface area contributed by atoms with Crippen LogP contribution in [0.2, 0.25) is 0 Å². The molecule has 2 rings (SSSR count). The van der Waals surface area contributed by atoms with Gasteiger partial charge in [0.15, 0.2) is 0 Å². The third kappa shape index (κ3) is 1.00. The molecule has 0 amide bonds. The second-order valence-corrected chi connectivity index (χ2v) is 3.99. The van der Waals surface area contributed by atoms with Gasteiger partial charge in [0, 0.05) is 18.6 Å². The smallest absolute Gasteiger partial charge is 0.0476 e. The highest BCUT2D eigenvalue weighted by atomic mass is 16.3. The number of hydrogen-bond acceptors (Lipinski definition) is 2. The van der Waals surface area contributed by atoms with Gasteiger partial charge in [-0.25, -0.2) is 0 Å². The molecular weight excluding hydrogens is 138 g/mol. The van der Waals surface area contributed by atoms with Gasteiger partial charge >= 0.3 is 0 Å². The Morgan fingerprint density at radius 1 is 1.36 bits per heavy atom. The van der Waals surface area contributed by atoms with E-state index in [1.54, 1.807) is 0 Å². The van der Waals surface area contributed by atoms with Gasteiger partial charge in [-0.2, -0.15) is 0 Å². The molecule has 4 atom stereocenters. The minimum Gasteiger partial charge on any atom is -0.396 e. The van der Waals surface area contributed by atoms with Crippen molar-refractivity contribution >= 4 is 0 Å². The number of hydrogen-bond donors (Lipinski definition) is 2. The molecule has 2 N–H and O–H groups in total. The third-order valence-corrected chi connectivity index (χ3v) is 3.63. The number of aliphatic hydroxyl groups excluding tert-OH is 1. The molecule has 2 aliphatic rings. The molecule has 0 unspecified atom stereocenters. The summed E-state index contributed by atoms with van der Waals surface area (Å²) in [5, 5.41) is 12.5.